The Bertz CT molecular complexity index is 460. The van der Waals surface area contributed by atoms with Gasteiger partial charge in [-0.1, -0.05) is 0 Å². The number of nitrogens with zero attached hydrogens (tertiary/aromatic N) is 2. The number of hydrogen-bond donors (Lipinski definition) is 1. The lowest BCUT2D eigenvalue weighted by molar-refractivity contribution is 0.0848. The van der Waals surface area contributed by atoms with Crippen molar-refractivity contribution in [1.82, 2.24) is 15.0 Å². The maximum Gasteiger partial charge on any atom is 0.140 e. The quantitative estimate of drug-likeness (QED) is 0.769. The predicted octanol–water partition coefficient (Wildman–Crippen LogP) is 1.85. The molecule has 0 spiro atoms. The van der Waals surface area contributed by atoms with Crippen LogP contribution in [0.5, 0.6) is 0 Å². The topological polar surface area (TPSA) is 50.8 Å². The van der Waals surface area contributed by atoms with E-state index in [4.69, 9.17) is 4.74 Å². The van der Waals surface area contributed by atoms with Crippen molar-refractivity contribution in [2.45, 2.75) is 18.8 Å². The van der Waals surface area contributed by atoms with E-state index in [9.17, 15) is 0 Å². The molecule has 2 aromatic rings. The van der Waals surface area contributed by atoms with Crippen molar-refractivity contribution in [2.24, 2.45) is 0 Å². The Morgan fingerprint density at radius 2 is 2.13 bits per heavy atom. The highest BCUT2D eigenvalue weighted by atomic mass is 16.5. The third kappa shape index (κ3) is 1.51. The second-order valence-electron chi connectivity index (χ2n) is 3.89. The van der Waals surface area contributed by atoms with Gasteiger partial charge in [-0.25, -0.2) is 9.97 Å². The smallest absolute Gasteiger partial charge is 0.140 e. The Balaban J connectivity index is 2.05. The van der Waals surface area contributed by atoms with Crippen LogP contribution in [0.3, 0.4) is 0 Å². The highest BCUT2D eigenvalue weighted by Crippen LogP contribution is 2.29. The molecule has 78 valence electrons. The molecular weight excluding hydrogens is 190 g/mol. The molecule has 1 N–H and O–H groups in total. The van der Waals surface area contributed by atoms with Gasteiger partial charge in [-0.15, -0.1) is 0 Å². The number of fused-ring (bicyclic) bond motifs is 1. The van der Waals surface area contributed by atoms with E-state index >= 15 is 0 Å². The summed E-state index contributed by atoms with van der Waals surface area (Å²) in [6.07, 6.45) is 5.69. The van der Waals surface area contributed by atoms with Crippen LogP contribution >= 0.6 is 0 Å². The number of aromatic nitrogens is 3. The summed E-state index contributed by atoms with van der Waals surface area (Å²) in [5.74, 6) is 0.528. The molecule has 1 aliphatic heterocycles. The zero-order valence-electron chi connectivity index (χ0n) is 8.44. The summed E-state index contributed by atoms with van der Waals surface area (Å²) in [5, 5.41) is 1.16. The normalized spacial score (nSPS) is 18.4. The van der Waals surface area contributed by atoms with Crippen molar-refractivity contribution < 1.29 is 4.74 Å². The molecule has 0 aliphatic carbocycles. The van der Waals surface area contributed by atoms with Crippen LogP contribution in [0.4, 0.5) is 0 Å². The minimum absolute atomic E-state index is 0.528. The molecule has 0 unspecified atom stereocenters. The van der Waals surface area contributed by atoms with Crippen molar-refractivity contribution in [3.8, 4) is 0 Å². The molecule has 3 heterocycles. The molecule has 0 atom stereocenters. The van der Waals surface area contributed by atoms with Gasteiger partial charge in [0.1, 0.15) is 12.0 Å². The van der Waals surface area contributed by atoms with Crippen LogP contribution in [-0.2, 0) is 4.74 Å². The van der Waals surface area contributed by atoms with Crippen LogP contribution in [0.2, 0.25) is 0 Å². The average molecular weight is 203 g/mol. The zero-order chi connectivity index (χ0) is 10.1. The first kappa shape index (κ1) is 8.85. The van der Waals surface area contributed by atoms with Gasteiger partial charge in [0.25, 0.3) is 0 Å². The van der Waals surface area contributed by atoms with Crippen molar-refractivity contribution >= 4 is 11.0 Å². The van der Waals surface area contributed by atoms with E-state index in [0.717, 1.165) is 37.1 Å². The summed E-state index contributed by atoms with van der Waals surface area (Å²) in [5.41, 5.74) is 2.11. The first-order valence-electron chi connectivity index (χ1n) is 5.31. The lowest BCUT2D eigenvalue weighted by atomic mass is 9.94. The molecule has 0 saturated carbocycles. The molecule has 1 saturated heterocycles. The largest absolute Gasteiger partial charge is 0.381 e. The Morgan fingerprint density at radius 3 is 3.00 bits per heavy atom. The third-order valence-corrected chi connectivity index (χ3v) is 2.99. The highest BCUT2D eigenvalue weighted by molar-refractivity contribution is 5.78. The van der Waals surface area contributed by atoms with Crippen molar-refractivity contribution in [1.29, 1.82) is 0 Å². The zero-order valence-corrected chi connectivity index (χ0v) is 8.44. The number of H-pyrrole nitrogens is 1. The van der Waals surface area contributed by atoms with Crippen LogP contribution in [-0.4, -0.2) is 28.2 Å². The molecule has 0 amide bonds. The van der Waals surface area contributed by atoms with Gasteiger partial charge in [0, 0.05) is 30.7 Å². The minimum Gasteiger partial charge on any atom is -0.381 e. The average Bonchev–Trinajstić information content (AvgIpc) is 2.78. The van der Waals surface area contributed by atoms with Gasteiger partial charge in [0.05, 0.1) is 5.69 Å². The van der Waals surface area contributed by atoms with Gasteiger partial charge >= 0.3 is 0 Å². The van der Waals surface area contributed by atoms with E-state index in [1.165, 1.54) is 5.69 Å². The number of nitrogens with one attached hydrogen (secondary N) is 1. The Kier molecular flexibility index (Phi) is 2.14. The Labute approximate surface area is 87.7 Å². The lowest BCUT2D eigenvalue weighted by Gasteiger charge is -2.21. The maximum atomic E-state index is 5.36. The molecule has 1 fully saturated rings. The summed E-state index contributed by atoms with van der Waals surface area (Å²) >= 11 is 0. The molecule has 4 heteroatoms. The Morgan fingerprint density at radius 1 is 1.27 bits per heavy atom. The fourth-order valence-electron chi connectivity index (χ4n) is 2.19. The molecule has 0 aromatic carbocycles. The second kappa shape index (κ2) is 3.62. The van der Waals surface area contributed by atoms with Crippen LogP contribution < -0.4 is 0 Å². The SMILES string of the molecule is c1nc(C2CCOCC2)c2cc[nH]c2n1. The predicted molar refractivity (Wildman–Crippen MR) is 56.7 cm³/mol. The number of aromatic amines is 1. The third-order valence-electron chi connectivity index (χ3n) is 2.99. The van der Waals surface area contributed by atoms with Crippen LogP contribution in [0.15, 0.2) is 18.6 Å². The number of rotatable bonds is 1. The van der Waals surface area contributed by atoms with E-state index in [2.05, 4.69) is 21.0 Å². The highest BCUT2D eigenvalue weighted by Gasteiger charge is 2.19. The van der Waals surface area contributed by atoms with E-state index in [1.54, 1.807) is 6.33 Å². The van der Waals surface area contributed by atoms with Crippen LogP contribution in [0.1, 0.15) is 24.5 Å². The first-order chi connectivity index (χ1) is 7.45. The van der Waals surface area contributed by atoms with Gasteiger partial charge in [0.2, 0.25) is 0 Å². The maximum absolute atomic E-state index is 5.36. The van der Waals surface area contributed by atoms with Gasteiger partial charge in [-0.05, 0) is 18.9 Å². The van der Waals surface area contributed by atoms with E-state index in [1.807, 2.05) is 6.20 Å². The fourth-order valence-corrected chi connectivity index (χ4v) is 2.19. The summed E-state index contributed by atoms with van der Waals surface area (Å²) in [6.45, 7) is 1.70. The van der Waals surface area contributed by atoms with E-state index in [0.29, 0.717) is 5.92 Å². The van der Waals surface area contributed by atoms with E-state index < -0.39 is 0 Å². The van der Waals surface area contributed by atoms with Gasteiger partial charge < -0.3 is 9.72 Å². The molecule has 15 heavy (non-hydrogen) atoms. The number of hydrogen-bond acceptors (Lipinski definition) is 3. The monoisotopic (exact) mass is 203 g/mol. The van der Waals surface area contributed by atoms with Crippen LogP contribution in [0.25, 0.3) is 11.0 Å². The summed E-state index contributed by atoms with van der Waals surface area (Å²) in [4.78, 5) is 11.7. The van der Waals surface area contributed by atoms with Crippen LogP contribution in [0, 0.1) is 0 Å². The Hall–Kier alpha value is -1.42. The summed E-state index contributed by atoms with van der Waals surface area (Å²) in [7, 11) is 0. The molecule has 1 aliphatic rings. The summed E-state index contributed by atoms with van der Waals surface area (Å²) in [6, 6.07) is 2.06. The lowest BCUT2D eigenvalue weighted by Crippen LogP contribution is -2.15. The van der Waals surface area contributed by atoms with Gasteiger partial charge in [-0.3, -0.25) is 0 Å². The molecule has 3 rings (SSSR count). The molecule has 0 bridgehead atoms. The van der Waals surface area contributed by atoms with Crippen molar-refractivity contribution in [2.75, 3.05) is 13.2 Å². The summed E-state index contributed by atoms with van der Waals surface area (Å²) < 4.78 is 5.36. The van der Waals surface area contributed by atoms with E-state index in [-0.39, 0.29) is 0 Å². The van der Waals surface area contributed by atoms with Crippen molar-refractivity contribution in [3.63, 3.8) is 0 Å². The van der Waals surface area contributed by atoms with Gasteiger partial charge in [-0.2, -0.15) is 0 Å². The first-order valence-corrected chi connectivity index (χ1v) is 5.31. The number of ether oxygens (including phenoxy) is 1. The standard InChI is InChI=1S/C11H13N3O/c1-4-12-11-9(1)10(13-7-14-11)8-2-5-15-6-3-8/h1,4,7-8H,2-3,5-6H2,(H,12,13,14). The molecule has 4 nitrogen and oxygen atoms in total. The van der Waals surface area contributed by atoms with Gasteiger partial charge in [0.15, 0.2) is 0 Å². The molecule has 2 aromatic heterocycles. The minimum atomic E-state index is 0.528. The molecule has 0 radical (unpaired) electrons. The second-order valence-corrected chi connectivity index (χ2v) is 3.89. The molecular formula is C11H13N3O. The fraction of sp³-hybridized carbons (Fsp3) is 0.455. The van der Waals surface area contributed by atoms with Crippen molar-refractivity contribution in [3.05, 3.63) is 24.3 Å².